The summed E-state index contributed by atoms with van der Waals surface area (Å²) in [6.07, 6.45) is 4.22. The third-order valence-electron chi connectivity index (χ3n) is 5.58. The molecule has 0 bridgehead atoms. The summed E-state index contributed by atoms with van der Waals surface area (Å²) in [7, 11) is 0. The molecule has 4 nitrogen and oxygen atoms in total. The molecule has 0 atom stereocenters. The molecular weight excluding hydrogens is 358 g/mol. The Morgan fingerprint density at radius 1 is 1.11 bits per heavy atom. The van der Waals surface area contributed by atoms with Crippen molar-refractivity contribution in [3.8, 4) is 0 Å². The van der Waals surface area contributed by atoms with E-state index in [1.807, 2.05) is 48.2 Å². The third-order valence-corrected chi connectivity index (χ3v) is 5.84. The fourth-order valence-electron chi connectivity index (χ4n) is 3.78. The largest absolute Gasteiger partial charge is 0.357 e. The number of carbonyl (C=O) groups is 1. The maximum Gasteiger partial charge on any atom is 0.230 e. The van der Waals surface area contributed by atoms with Crippen LogP contribution in [0.5, 0.6) is 0 Å². The van der Waals surface area contributed by atoms with E-state index in [-0.39, 0.29) is 11.8 Å². The highest BCUT2D eigenvalue weighted by molar-refractivity contribution is 6.30. The SMILES string of the molecule is Cc1cccc(N2CCC(C(=O)N(CC3CC3)c3ccc(Cl)cc3)CC2)n1. The van der Waals surface area contributed by atoms with Crippen LogP contribution in [0, 0.1) is 18.8 Å². The summed E-state index contributed by atoms with van der Waals surface area (Å²) in [6, 6.07) is 13.8. The van der Waals surface area contributed by atoms with Gasteiger partial charge in [0.15, 0.2) is 0 Å². The first-order valence-electron chi connectivity index (χ1n) is 9.86. The fraction of sp³-hybridized carbons (Fsp3) is 0.455. The van der Waals surface area contributed by atoms with Crippen molar-refractivity contribution < 1.29 is 4.79 Å². The number of rotatable bonds is 5. The van der Waals surface area contributed by atoms with E-state index >= 15 is 0 Å². The van der Waals surface area contributed by atoms with Gasteiger partial charge in [0.2, 0.25) is 5.91 Å². The normalized spacial score (nSPS) is 17.8. The molecule has 1 aromatic heterocycles. The minimum atomic E-state index is 0.0838. The molecule has 2 fully saturated rings. The number of amides is 1. The Kier molecular flexibility index (Phi) is 5.35. The number of benzene rings is 1. The van der Waals surface area contributed by atoms with Crippen molar-refractivity contribution in [2.24, 2.45) is 11.8 Å². The second-order valence-electron chi connectivity index (χ2n) is 7.77. The maximum absolute atomic E-state index is 13.3. The van der Waals surface area contributed by atoms with Gasteiger partial charge in [-0.3, -0.25) is 4.79 Å². The second kappa shape index (κ2) is 7.89. The van der Waals surface area contributed by atoms with Crippen LogP contribution in [0.2, 0.25) is 5.02 Å². The van der Waals surface area contributed by atoms with Crippen LogP contribution in [0.1, 0.15) is 31.4 Å². The van der Waals surface area contributed by atoms with Crippen LogP contribution in [-0.4, -0.2) is 30.5 Å². The van der Waals surface area contributed by atoms with Crippen molar-refractivity contribution in [2.75, 3.05) is 29.4 Å². The number of carbonyl (C=O) groups excluding carboxylic acids is 1. The average Bonchev–Trinajstić information content (AvgIpc) is 3.51. The summed E-state index contributed by atoms with van der Waals surface area (Å²) in [5.41, 5.74) is 2.00. The minimum Gasteiger partial charge on any atom is -0.357 e. The van der Waals surface area contributed by atoms with Gasteiger partial charge in [-0.1, -0.05) is 17.7 Å². The van der Waals surface area contributed by atoms with Gasteiger partial charge in [-0.05, 0) is 74.9 Å². The zero-order chi connectivity index (χ0) is 18.8. The fourth-order valence-corrected chi connectivity index (χ4v) is 3.91. The topological polar surface area (TPSA) is 36.4 Å². The molecule has 2 aromatic rings. The highest BCUT2D eigenvalue weighted by atomic mass is 35.5. The molecule has 1 amide bonds. The summed E-state index contributed by atoms with van der Waals surface area (Å²) in [5, 5.41) is 0.705. The quantitative estimate of drug-likeness (QED) is 0.750. The molecule has 1 aliphatic carbocycles. The molecule has 1 aromatic carbocycles. The summed E-state index contributed by atoms with van der Waals surface area (Å²) >= 11 is 6.03. The van der Waals surface area contributed by atoms with Gasteiger partial charge in [0.25, 0.3) is 0 Å². The predicted octanol–water partition coefficient (Wildman–Crippen LogP) is 4.70. The van der Waals surface area contributed by atoms with Crippen molar-refractivity contribution in [2.45, 2.75) is 32.6 Å². The molecule has 2 heterocycles. The van der Waals surface area contributed by atoms with Crippen molar-refractivity contribution in [3.05, 3.63) is 53.2 Å². The zero-order valence-electron chi connectivity index (χ0n) is 15.8. The van der Waals surface area contributed by atoms with Crippen LogP contribution >= 0.6 is 11.6 Å². The van der Waals surface area contributed by atoms with E-state index in [9.17, 15) is 4.79 Å². The molecule has 0 spiro atoms. The lowest BCUT2D eigenvalue weighted by atomic mass is 9.94. The van der Waals surface area contributed by atoms with E-state index in [1.165, 1.54) is 12.8 Å². The molecule has 142 valence electrons. The van der Waals surface area contributed by atoms with Crippen LogP contribution in [0.3, 0.4) is 0 Å². The van der Waals surface area contributed by atoms with Crippen molar-refractivity contribution in [3.63, 3.8) is 0 Å². The van der Waals surface area contributed by atoms with E-state index in [0.717, 1.165) is 49.7 Å². The van der Waals surface area contributed by atoms with Crippen LogP contribution in [0.15, 0.2) is 42.5 Å². The zero-order valence-corrected chi connectivity index (χ0v) is 16.5. The lowest BCUT2D eigenvalue weighted by Crippen LogP contribution is -2.43. The Balaban J connectivity index is 1.43. The van der Waals surface area contributed by atoms with Crippen molar-refractivity contribution in [1.29, 1.82) is 0 Å². The van der Waals surface area contributed by atoms with E-state index in [0.29, 0.717) is 10.9 Å². The van der Waals surface area contributed by atoms with Gasteiger partial charge in [0.05, 0.1) is 0 Å². The number of aromatic nitrogens is 1. The number of hydrogen-bond acceptors (Lipinski definition) is 3. The van der Waals surface area contributed by atoms with Crippen molar-refractivity contribution >= 4 is 29.0 Å². The highest BCUT2D eigenvalue weighted by Crippen LogP contribution is 2.33. The van der Waals surface area contributed by atoms with Gasteiger partial charge in [-0.2, -0.15) is 0 Å². The Bertz CT molecular complexity index is 795. The van der Waals surface area contributed by atoms with Crippen molar-refractivity contribution in [1.82, 2.24) is 4.98 Å². The highest BCUT2D eigenvalue weighted by Gasteiger charge is 2.33. The van der Waals surface area contributed by atoms with Gasteiger partial charge in [-0.15, -0.1) is 0 Å². The molecular formula is C22H26ClN3O. The monoisotopic (exact) mass is 383 g/mol. The molecule has 2 aliphatic rings. The first-order chi connectivity index (χ1) is 13.1. The Morgan fingerprint density at radius 2 is 1.81 bits per heavy atom. The molecule has 0 N–H and O–H groups in total. The predicted molar refractivity (Wildman–Crippen MR) is 110 cm³/mol. The Labute approximate surface area is 166 Å². The number of hydrogen-bond donors (Lipinski definition) is 0. The summed E-state index contributed by atoms with van der Waals surface area (Å²) < 4.78 is 0. The first kappa shape index (κ1) is 18.3. The Morgan fingerprint density at radius 3 is 2.44 bits per heavy atom. The smallest absolute Gasteiger partial charge is 0.230 e. The lowest BCUT2D eigenvalue weighted by Gasteiger charge is -2.35. The number of aryl methyl sites for hydroxylation is 1. The molecule has 4 rings (SSSR count). The number of anilines is 2. The summed E-state index contributed by atoms with van der Waals surface area (Å²) in [5.74, 6) is 2.02. The number of halogens is 1. The first-order valence-corrected chi connectivity index (χ1v) is 10.2. The number of pyridine rings is 1. The number of nitrogens with zero attached hydrogens (tertiary/aromatic N) is 3. The standard InChI is InChI=1S/C22H26ClN3O/c1-16-3-2-4-21(24-16)25-13-11-18(12-14-25)22(27)26(15-17-5-6-17)20-9-7-19(23)8-10-20/h2-4,7-10,17-18H,5-6,11-15H2,1H3. The van der Waals surface area contributed by atoms with Crippen LogP contribution in [0.25, 0.3) is 0 Å². The molecule has 27 heavy (non-hydrogen) atoms. The van der Waals surface area contributed by atoms with Gasteiger partial charge >= 0.3 is 0 Å². The van der Waals surface area contributed by atoms with E-state index in [1.54, 1.807) is 0 Å². The molecule has 1 aliphatic heterocycles. The van der Waals surface area contributed by atoms with E-state index in [4.69, 9.17) is 11.6 Å². The minimum absolute atomic E-state index is 0.0838. The lowest BCUT2D eigenvalue weighted by molar-refractivity contribution is -0.123. The summed E-state index contributed by atoms with van der Waals surface area (Å²) in [6.45, 7) is 4.61. The van der Waals surface area contributed by atoms with E-state index < -0.39 is 0 Å². The maximum atomic E-state index is 13.3. The van der Waals surface area contributed by atoms with Gasteiger partial charge in [0.1, 0.15) is 5.82 Å². The van der Waals surface area contributed by atoms with Crippen LogP contribution in [0.4, 0.5) is 11.5 Å². The molecule has 1 saturated heterocycles. The van der Waals surface area contributed by atoms with Gasteiger partial charge < -0.3 is 9.80 Å². The average molecular weight is 384 g/mol. The van der Waals surface area contributed by atoms with Crippen LogP contribution < -0.4 is 9.80 Å². The molecule has 0 radical (unpaired) electrons. The van der Waals surface area contributed by atoms with Gasteiger partial charge in [-0.25, -0.2) is 4.98 Å². The van der Waals surface area contributed by atoms with Crippen LogP contribution in [-0.2, 0) is 4.79 Å². The molecule has 5 heteroatoms. The Hall–Kier alpha value is -2.07. The molecule has 1 saturated carbocycles. The second-order valence-corrected chi connectivity index (χ2v) is 8.20. The number of piperidine rings is 1. The summed E-state index contributed by atoms with van der Waals surface area (Å²) in [4.78, 5) is 22.2. The molecule has 0 unspecified atom stereocenters. The van der Waals surface area contributed by atoms with Gasteiger partial charge in [0, 0.05) is 42.0 Å². The van der Waals surface area contributed by atoms with E-state index in [2.05, 4.69) is 16.0 Å². The third kappa shape index (κ3) is 4.44.